The maximum atomic E-state index is 12.5. The number of amides is 1. The molecule has 21 heavy (non-hydrogen) atoms. The van der Waals surface area contributed by atoms with E-state index in [9.17, 15) is 4.79 Å². The zero-order chi connectivity index (χ0) is 15.2. The molecule has 0 bridgehead atoms. The smallest absolute Gasteiger partial charge is 0.255 e. The molecule has 4 nitrogen and oxygen atoms in total. The topological polar surface area (TPSA) is 41.6 Å². The second kappa shape index (κ2) is 7.46. The number of carbonyl (C=O) groups excluding carboxylic acids is 1. The van der Waals surface area contributed by atoms with E-state index in [1.165, 1.54) is 19.3 Å². The number of carbonyl (C=O) groups is 1. The van der Waals surface area contributed by atoms with E-state index in [0.717, 1.165) is 13.0 Å². The highest BCUT2D eigenvalue weighted by Crippen LogP contribution is 2.26. The number of nitrogens with one attached hydrogen (secondary N) is 1. The van der Waals surface area contributed by atoms with Crippen molar-refractivity contribution in [2.24, 2.45) is 5.92 Å². The van der Waals surface area contributed by atoms with Crippen LogP contribution in [0.3, 0.4) is 0 Å². The molecule has 1 aliphatic carbocycles. The maximum Gasteiger partial charge on any atom is 0.255 e. The van der Waals surface area contributed by atoms with E-state index in [4.69, 9.17) is 4.74 Å². The Morgan fingerprint density at radius 3 is 2.71 bits per heavy atom. The van der Waals surface area contributed by atoms with E-state index in [1.807, 2.05) is 24.3 Å². The van der Waals surface area contributed by atoms with Crippen molar-refractivity contribution >= 4 is 5.91 Å². The number of nitrogens with zero attached hydrogens (tertiary/aromatic N) is 1. The highest BCUT2D eigenvalue weighted by atomic mass is 16.5. The van der Waals surface area contributed by atoms with Crippen LogP contribution in [0.5, 0.6) is 5.75 Å². The van der Waals surface area contributed by atoms with Crippen LogP contribution in [0.4, 0.5) is 0 Å². The van der Waals surface area contributed by atoms with Crippen LogP contribution in [-0.2, 0) is 0 Å². The molecule has 1 aromatic carbocycles. The minimum absolute atomic E-state index is 0.0249. The van der Waals surface area contributed by atoms with Gasteiger partial charge in [0.15, 0.2) is 0 Å². The predicted octanol–water partition coefficient (Wildman–Crippen LogP) is 2.55. The molecule has 2 rings (SSSR count). The van der Waals surface area contributed by atoms with Crippen molar-refractivity contribution in [2.45, 2.75) is 31.7 Å². The first-order chi connectivity index (χ1) is 10.1. The van der Waals surface area contributed by atoms with E-state index in [0.29, 0.717) is 17.2 Å². The highest BCUT2D eigenvalue weighted by molar-refractivity contribution is 5.97. The van der Waals surface area contributed by atoms with Crippen LogP contribution >= 0.6 is 0 Å². The van der Waals surface area contributed by atoms with Crippen molar-refractivity contribution < 1.29 is 9.53 Å². The minimum atomic E-state index is -0.0249. The lowest BCUT2D eigenvalue weighted by Crippen LogP contribution is -2.45. The molecule has 0 aliphatic heterocycles. The third-order valence-electron chi connectivity index (χ3n) is 4.18. The number of rotatable bonds is 5. The molecule has 1 N–H and O–H groups in total. The summed E-state index contributed by atoms with van der Waals surface area (Å²) in [5, 5.41) is 3.22. The second-order valence-corrected chi connectivity index (χ2v) is 6.09. The Labute approximate surface area is 127 Å². The summed E-state index contributed by atoms with van der Waals surface area (Å²) in [4.78, 5) is 14.7. The summed E-state index contributed by atoms with van der Waals surface area (Å²) in [5.41, 5.74) is 0.620. The number of methoxy groups -OCH3 is 1. The van der Waals surface area contributed by atoms with E-state index in [-0.39, 0.29) is 11.9 Å². The highest BCUT2D eigenvalue weighted by Gasteiger charge is 2.27. The largest absolute Gasteiger partial charge is 0.496 e. The third kappa shape index (κ3) is 4.21. The van der Waals surface area contributed by atoms with Gasteiger partial charge in [0, 0.05) is 12.6 Å². The number of hydrogen-bond donors (Lipinski definition) is 1. The zero-order valence-electron chi connectivity index (χ0n) is 13.3. The number of benzene rings is 1. The fourth-order valence-corrected chi connectivity index (χ4v) is 3.16. The quantitative estimate of drug-likeness (QED) is 0.906. The van der Waals surface area contributed by atoms with Crippen LogP contribution in [-0.4, -0.2) is 44.6 Å². The fraction of sp³-hybridized carbons (Fsp3) is 0.588. The standard InChI is InChI=1S/C17H26N2O2/c1-19(2)12-13-8-4-6-10-15(13)18-17(20)14-9-5-7-11-16(14)21-3/h5,7,9,11,13,15H,4,6,8,10,12H2,1-3H3,(H,18,20). The molecule has 0 spiro atoms. The van der Waals surface area contributed by atoms with Gasteiger partial charge >= 0.3 is 0 Å². The normalized spacial score (nSPS) is 22.1. The third-order valence-corrected chi connectivity index (χ3v) is 4.18. The van der Waals surface area contributed by atoms with Crippen LogP contribution in [0.25, 0.3) is 0 Å². The van der Waals surface area contributed by atoms with Gasteiger partial charge in [-0.2, -0.15) is 0 Å². The summed E-state index contributed by atoms with van der Waals surface area (Å²) in [7, 11) is 5.78. The first-order valence-corrected chi connectivity index (χ1v) is 7.70. The van der Waals surface area contributed by atoms with Crippen molar-refractivity contribution in [3.8, 4) is 5.75 Å². The molecule has 1 saturated carbocycles. The Morgan fingerprint density at radius 1 is 1.29 bits per heavy atom. The Kier molecular flexibility index (Phi) is 5.62. The summed E-state index contributed by atoms with van der Waals surface area (Å²) >= 11 is 0. The van der Waals surface area contributed by atoms with Gasteiger partial charge in [-0.15, -0.1) is 0 Å². The lowest BCUT2D eigenvalue weighted by atomic mass is 9.84. The number of para-hydroxylation sites is 1. The fourth-order valence-electron chi connectivity index (χ4n) is 3.16. The second-order valence-electron chi connectivity index (χ2n) is 6.09. The van der Waals surface area contributed by atoms with Gasteiger partial charge in [-0.25, -0.2) is 0 Å². The number of hydrogen-bond acceptors (Lipinski definition) is 3. The van der Waals surface area contributed by atoms with Gasteiger partial charge in [-0.05, 0) is 45.0 Å². The van der Waals surface area contributed by atoms with Crippen LogP contribution in [0, 0.1) is 5.92 Å². The van der Waals surface area contributed by atoms with Crippen molar-refractivity contribution in [3.05, 3.63) is 29.8 Å². The van der Waals surface area contributed by atoms with Crippen molar-refractivity contribution in [2.75, 3.05) is 27.7 Å². The molecule has 4 heteroatoms. The molecular formula is C17H26N2O2. The summed E-state index contributed by atoms with van der Waals surface area (Å²) in [6.45, 7) is 1.02. The lowest BCUT2D eigenvalue weighted by Gasteiger charge is -2.34. The SMILES string of the molecule is COc1ccccc1C(=O)NC1CCCCC1CN(C)C. The average Bonchev–Trinajstić information content (AvgIpc) is 2.48. The van der Waals surface area contributed by atoms with Crippen molar-refractivity contribution in [1.29, 1.82) is 0 Å². The zero-order valence-corrected chi connectivity index (χ0v) is 13.3. The molecule has 1 aliphatic rings. The van der Waals surface area contributed by atoms with Crippen LogP contribution in [0.2, 0.25) is 0 Å². The van der Waals surface area contributed by atoms with Gasteiger partial charge in [0.1, 0.15) is 5.75 Å². The Bertz CT molecular complexity index is 474. The Hall–Kier alpha value is -1.55. The van der Waals surface area contributed by atoms with E-state index < -0.39 is 0 Å². The van der Waals surface area contributed by atoms with Crippen LogP contribution in [0.15, 0.2) is 24.3 Å². The molecule has 1 fully saturated rings. The van der Waals surface area contributed by atoms with Crippen LogP contribution in [0.1, 0.15) is 36.0 Å². The van der Waals surface area contributed by atoms with Crippen molar-refractivity contribution in [3.63, 3.8) is 0 Å². The molecular weight excluding hydrogens is 264 g/mol. The van der Waals surface area contributed by atoms with Crippen molar-refractivity contribution in [1.82, 2.24) is 10.2 Å². The summed E-state index contributed by atoms with van der Waals surface area (Å²) < 4.78 is 5.28. The van der Waals surface area contributed by atoms with Gasteiger partial charge < -0.3 is 15.0 Å². The molecule has 1 amide bonds. The molecule has 0 radical (unpaired) electrons. The molecule has 2 atom stereocenters. The molecule has 0 aromatic heterocycles. The van der Waals surface area contributed by atoms with Gasteiger partial charge in [0.05, 0.1) is 12.7 Å². The monoisotopic (exact) mass is 290 g/mol. The number of ether oxygens (including phenoxy) is 1. The van der Waals surface area contributed by atoms with Gasteiger partial charge in [0.2, 0.25) is 0 Å². The van der Waals surface area contributed by atoms with Gasteiger partial charge in [-0.3, -0.25) is 4.79 Å². The van der Waals surface area contributed by atoms with E-state index >= 15 is 0 Å². The summed E-state index contributed by atoms with van der Waals surface area (Å²) in [6.07, 6.45) is 4.72. The Morgan fingerprint density at radius 2 is 2.00 bits per heavy atom. The molecule has 1 aromatic rings. The first-order valence-electron chi connectivity index (χ1n) is 7.70. The first kappa shape index (κ1) is 15.8. The Balaban J connectivity index is 2.06. The maximum absolute atomic E-state index is 12.5. The van der Waals surface area contributed by atoms with E-state index in [1.54, 1.807) is 7.11 Å². The van der Waals surface area contributed by atoms with Crippen LogP contribution < -0.4 is 10.1 Å². The molecule has 0 saturated heterocycles. The summed E-state index contributed by atoms with van der Waals surface area (Å²) in [6, 6.07) is 7.66. The van der Waals surface area contributed by atoms with Gasteiger partial charge in [0.25, 0.3) is 5.91 Å². The minimum Gasteiger partial charge on any atom is -0.496 e. The molecule has 2 unspecified atom stereocenters. The molecule has 116 valence electrons. The lowest BCUT2D eigenvalue weighted by molar-refractivity contribution is 0.0892. The summed E-state index contributed by atoms with van der Waals surface area (Å²) in [5.74, 6) is 1.14. The van der Waals surface area contributed by atoms with E-state index in [2.05, 4.69) is 24.3 Å². The van der Waals surface area contributed by atoms with Gasteiger partial charge in [-0.1, -0.05) is 25.0 Å². The molecule has 0 heterocycles. The predicted molar refractivity (Wildman–Crippen MR) is 84.8 cm³/mol. The average molecular weight is 290 g/mol.